The molecule has 0 atom stereocenters. The van der Waals surface area contributed by atoms with Crippen LogP contribution in [0.2, 0.25) is 0 Å². The van der Waals surface area contributed by atoms with Crippen molar-refractivity contribution in [3.05, 3.63) is 66.0 Å². The molecular weight excluding hydrogens is 362 g/mol. The van der Waals surface area contributed by atoms with Crippen LogP contribution in [0.1, 0.15) is 40.5 Å². The summed E-state index contributed by atoms with van der Waals surface area (Å²) in [7, 11) is 0. The number of amides is 1. The summed E-state index contributed by atoms with van der Waals surface area (Å²) in [4.78, 5) is 20.4. The van der Waals surface area contributed by atoms with Gasteiger partial charge in [0.15, 0.2) is 0 Å². The maximum Gasteiger partial charge on any atom is 0.269 e. The highest BCUT2D eigenvalue weighted by Gasteiger charge is 2.30. The van der Waals surface area contributed by atoms with Crippen molar-refractivity contribution in [3.63, 3.8) is 0 Å². The van der Waals surface area contributed by atoms with Crippen molar-refractivity contribution in [2.75, 3.05) is 6.54 Å². The monoisotopic (exact) mass is 383 g/mol. The lowest BCUT2D eigenvalue weighted by Crippen LogP contribution is -2.28. The number of aryl methyl sites for hydroxylation is 1. The Morgan fingerprint density at radius 1 is 1.19 bits per heavy atom. The zero-order chi connectivity index (χ0) is 17.9. The molecule has 0 radical (unpaired) electrons. The fraction of sp³-hybridized carbons (Fsp3) is 0.300. The van der Waals surface area contributed by atoms with Crippen LogP contribution in [-0.2, 0) is 6.54 Å². The van der Waals surface area contributed by atoms with Crippen LogP contribution in [0.5, 0.6) is 0 Å². The van der Waals surface area contributed by atoms with Gasteiger partial charge in [0, 0.05) is 42.3 Å². The van der Waals surface area contributed by atoms with E-state index in [0.717, 1.165) is 5.56 Å². The van der Waals surface area contributed by atoms with Gasteiger partial charge in [-0.3, -0.25) is 19.4 Å². The maximum absolute atomic E-state index is 12.1. The molecule has 1 amide bonds. The van der Waals surface area contributed by atoms with Crippen LogP contribution >= 0.6 is 12.4 Å². The minimum Gasteiger partial charge on any atom is -0.349 e. The minimum atomic E-state index is -0.157. The average molecular weight is 384 g/mol. The van der Waals surface area contributed by atoms with E-state index >= 15 is 0 Å². The van der Waals surface area contributed by atoms with Crippen LogP contribution in [0.25, 0.3) is 11.1 Å². The molecule has 6 nitrogen and oxygen atoms in total. The smallest absolute Gasteiger partial charge is 0.269 e. The molecule has 0 unspecified atom stereocenters. The molecule has 140 valence electrons. The predicted molar refractivity (Wildman–Crippen MR) is 106 cm³/mol. The highest BCUT2D eigenvalue weighted by atomic mass is 35.5. The van der Waals surface area contributed by atoms with E-state index in [1.807, 2.05) is 35.4 Å². The lowest BCUT2D eigenvalue weighted by molar-refractivity contribution is 0.0947. The van der Waals surface area contributed by atoms with Gasteiger partial charge in [0.25, 0.3) is 5.91 Å². The second kappa shape index (κ2) is 8.31. The first-order valence-electron chi connectivity index (χ1n) is 8.90. The minimum absolute atomic E-state index is 0. The summed E-state index contributed by atoms with van der Waals surface area (Å²) in [6.07, 6.45) is 9.67. The molecule has 1 N–H and O–H groups in total. The molecule has 4 rings (SSSR count). The van der Waals surface area contributed by atoms with Crippen LogP contribution in [0.3, 0.4) is 0 Å². The molecule has 1 saturated carbocycles. The van der Waals surface area contributed by atoms with E-state index < -0.39 is 0 Å². The fourth-order valence-corrected chi connectivity index (χ4v) is 3.21. The molecule has 1 aliphatic carbocycles. The van der Waals surface area contributed by atoms with E-state index in [1.165, 1.54) is 29.7 Å². The van der Waals surface area contributed by atoms with Gasteiger partial charge in [0.2, 0.25) is 0 Å². The number of nitrogens with one attached hydrogen (secondary N) is 1. The van der Waals surface area contributed by atoms with Crippen LogP contribution in [0.4, 0.5) is 0 Å². The number of carbonyl (C=O) groups is 1. The molecule has 7 heteroatoms. The molecule has 3 aromatic heterocycles. The first kappa shape index (κ1) is 19.0. The van der Waals surface area contributed by atoms with Gasteiger partial charge in [-0.2, -0.15) is 5.10 Å². The largest absolute Gasteiger partial charge is 0.349 e. The normalized spacial score (nSPS) is 13.1. The fourth-order valence-electron chi connectivity index (χ4n) is 3.21. The van der Waals surface area contributed by atoms with E-state index in [1.54, 1.807) is 18.3 Å². The van der Waals surface area contributed by atoms with E-state index in [2.05, 4.69) is 27.3 Å². The molecule has 3 heterocycles. The average Bonchev–Trinajstić information content (AvgIpc) is 3.43. The third kappa shape index (κ3) is 4.17. The Morgan fingerprint density at radius 3 is 2.74 bits per heavy atom. The number of pyridine rings is 2. The van der Waals surface area contributed by atoms with Gasteiger partial charge in [0.1, 0.15) is 5.69 Å². The number of hydrogen-bond acceptors (Lipinski definition) is 4. The number of rotatable bonds is 6. The molecule has 3 aromatic rings. The van der Waals surface area contributed by atoms with Crippen LogP contribution in [-0.4, -0.2) is 32.2 Å². The van der Waals surface area contributed by atoms with Crippen LogP contribution < -0.4 is 5.32 Å². The van der Waals surface area contributed by atoms with E-state index in [9.17, 15) is 4.79 Å². The summed E-state index contributed by atoms with van der Waals surface area (Å²) in [5.74, 6) is 0.405. The Labute approximate surface area is 164 Å². The molecule has 0 aliphatic heterocycles. The number of hydrogen-bond donors (Lipinski definition) is 1. The zero-order valence-electron chi connectivity index (χ0n) is 15.1. The maximum atomic E-state index is 12.1. The second-order valence-electron chi connectivity index (χ2n) is 6.60. The Bertz CT molecular complexity index is 921. The lowest BCUT2D eigenvalue weighted by atomic mass is 10.0. The van der Waals surface area contributed by atoms with Gasteiger partial charge in [-0.15, -0.1) is 12.4 Å². The van der Waals surface area contributed by atoms with Gasteiger partial charge in [-0.25, -0.2) is 0 Å². The summed E-state index contributed by atoms with van der Waals surface area (Å²) >= 11 is 0. The summed E-state index contributed by atoms with van der Waals surface area (Å²) in [5.41, 5.74) is 5.22. The van der Waals surface area contributed by atoms with Crippen molar-refractivity contribution in [2.45, 2.75) is 32.2 Å². The van der Waals surface area contributed by atoms with E-state index in [4.69, 9.17) is 0 Å². The molecule has 0 saturated heterocycles. The first-order valence-corrected chi connectivity index (χ1v) is 8.90. The SMILES string of the molecule is Cc1cnccc1-c1cnn(CCNC(=O)c2ccccn2)c1C1CC1.Cl. The Morgan fingerprint density at radius 2 is 2.04 bits per heavy atom. The number of halogens is 1. The Hall–Kier alpha value is -2.73. The first-order chi connectivity index (χ1) is 12.7. The quantitative estimate of drug-likeness (QED) is 0.708. The second-order valence-corrected chi connectivity index (χ2v) is 6.60. The molecule has 0 spiro atoms. The third-order valence-electron chi connectivity index (χ3n) is 4.66. The molecule has 1 fully saturated rings. The molecule has 27 heavy (non-hydrogen) atoms. The van der Waals surface area contributed by atoms with Gasteiger partial charge < -0.3 is 5.32 Å². The Kier molecular flexibility index (Phi) is 5.86. The van der Waals surface area contributed by atoms with Crippen molar-refractivity contribution in [1.82, 2.24) is 25.1 Å². The topological polar surface area (TPSA) is 72.7 Å². The van der Waals surface area contributed by atoms with Gasteiger partial charge in [0.05, 0.1) is 12.7 Å². The number of nitrogens with zero attached hydrogens (tertiary/aromatic N) is 4. The predicted octanol–water partition coefficient (Wildman–Crippen LogP) is 3.38. The third-order valence-corrected chi connectivity index (χ3v) is 4.66. The van der Waals surface area contributed by atoms with Crippen molar-refractivity contribution in [2.24, 2.45) is 0 Å². The van der Waals surface area contributed by atoms with Crippen LogP contribution in [0.15, 0.2) is 49.1 Å². The van der Waals surface area contributed by atoms with Crippen molar-refractivity contribution >= 4 is 18.3 Å². The standard InChI is InChI=1S/C20H21N5O.ClH/c1-14-12-21-9-7-16(14)17-13-24-25(19(17)15-5-6-15)11-10-23-20(26)18-4-2-3-8-22-18;/h2-4,7-9,12-13,15H,5-6,10-11H2,1H3,(H,23,26);1H. The molecule has 1 aliphatic rings. The van der Waals surface area contributed by atoms with Crippen molar-refractivity contribution < 1.29 is 4.79 Å². The van der Waals surface area contributed by atoms with Crippen molar-refractivity contribution in [1.29, 1.82) is 0 Å². The summed E-state index contributed by atoms with van der Waals surface area (Å²) in [5, 5.41) is 7.52. The number of aromatic nitrogens is 4. The highest BCUT2D eigenvalue weighted by Crippen LogP contribution is 2.44. The summed E-state index contributed by atoms with van der Waals surface area (Å²) < 4.78 is 2.03. The van der Waals surface area contributed by atoms with Gasteiger partial charge in [-0.05, 0) is 49.1 Å². The zero-order valence-corrected chi connectivity index (χ0v) is 15.9. The lowest BCUT2D eigenvalue weighted by Gasteiger charge is -2.11. The highest BCUT2D eigenvalue weighted by molar-refractivity contribution is 5.92. The Balaban J connectivity index is 0.00000210. The van der Waals surface area contributed by atoms with Gasteiger partial charge in [-0.1, -0.05) is 6.07 Å². The van der Waals surface area contributed by atoms with Crippen LogP contribution in [0, 0.1) is 6.92 Å². The number of carbonyl (C=O) groups excluding carboxylic acids is 1. The van der Waals surface area contributed by atoms with Gasteiger partial charge >= 0.3 is 0 Å². The molecule has 0 bridgehead atoms. The summed E-state index contributed by atoms with van der Waals surface area (Å²) in [6.45, 7) is 3.24. The van der Waals surface area contributed by atoms with E-state index in [-0.39, 0.29) is 18.3 Å². The van der Waals surface area contributed by atoms with Crippen molar-refractivity contribution in [3.8, 4) is 11.1 Å². The summed E-state index contributed by atoms with van der Waals surface area (Å²) in [6, 6.07) is 7.36. The molecule has 0 aromatic carbocycles. The van der Waals surface area contributed by atoms with E-state index in [0.29, 0.717) is 24.7 Å². The molecular formula is C20H22ClN5O.